The third kappa shape index (κ3) is 7.04. The first-order valence-corrected chi connectivity index (χ1v) is 13.5. The van der Waals surface area contributed by atoms with Crippen LogP contribution in [0.5, 0.6) is 11.6 Å². The van der Waals surface area contributed by atoms with E-state index in [1.807, 2.05) is 30.3 Å². The van der Waals surface area contributed by atoms with Gasteiger partial charge in [-0.15, -0.1) is 11.8 Å². The SMILES string of the molecule is COc1ccc(-c2nc(CSc3ccncc3)oc2-c2ccc(OCCNS(C)(=O)=O)cc2)cn1. The molecule has 0 amide bonds. The van der Waals surface area contributed by atoms with Crippen LogP contribution in [0, 0.1) is 0 Å². The normalized spacial score (nSPS) is 11.4. The third-order valence-corrected chi connectivity index (χ3v) is 6.48. The van der Waals surface area contributed by atoms with Gasteiger partial charge in [-0.3, -0.25) is 4.98 Å². The Balaban J connectivity index is 1.55. The number of rotatable bonds is 11. The van der Waals surface area contributed by atoms with Gasteiger partial charge in [-0.2, -0.15) is 0 Å². The van der Waals surface area contributed by atoms with E-state index in [-0.39, 0.29) is 13.2 Å². The molecule has 0 aliphatic carbocycles. The molecule has 4 rings (SSSR count). The Bertz CT molecular complexity index is 1340. The van der Waals surface area contributed by atoms with Gasteiger partial charge in [0.05, 0.1) is 19.1 Å². The zero-order chi connectivity index (χ0) is 24.7. The predicted molar refractivity (Wildman–Crippen MR) is 134 cm³/mol. The standard InChI is InChI=1S/C24H24N4O5S2/c1-31-21-8-5-18(15-26-21)23-24(33-22(28-23)16-34-20-9-11-25-12-10-20)17-3-6-19(7-4-17)32-14-13-27-35(2,29)30/h3-12,15,27H,13-14,16H2,1-2H3. The van der Waals surface area contributed by atoms with E-state index in [1.54, 1.807) is 55.7 Å². The number of pyridine rings is 2. The first kappa shape index (κ1) is 24.7. The van der Waals surface area contributed by atoms with Crippen LogP contribution in [0.4, 0.5) is 0 Å². The number of nitrogens with one attached hydrogen (secondary N) is 1. The van der Waals surface area contributed by atoms with Crippen molar-refractivity contribution in [3.8, 4) is 34.2 Å². The highest BCUT2D eigenvalue weighted by Gasteiger charge is 2.18. The molecule has 0 spiro atoms. The molecular weight excluding hydrogens is 488 g/mol. The second-order valence-electron chi connectivity index (χ2n) is 7.39. The molecule has 4 aromatic rings. The second-order valence-corrected chi connectivity index (χ2v) is 10.3. The first-order valence-electron chi connectivity index (χ1n) is 10.6. The maximum Gasteiger partial charge on any atom is 0.212 e. The summed E-state index contributed by atoms with van der Waals surface area (Å²) in [4.78, 5) is 14.2. The highest BCUT2D eigenvalue weighted by atomic mass is 32.2. The van der Waals surface area contributed by atoms with Gasteiger partial charge in [-0.1, -0.05) is 0 Å². The van der Waals surface area contributed by atoms with Crippen molar-refractivity contribution in [2.24, 2.45) is 0 Å². The lowest BCUT2D eigenvalue weighted by molar-refractivity contribution is 0.323. The van der Waals surface area contributed by atoms with Crippen molar-refractivity contribution in [2.45, 2.75) is 10.6 Å². The molecule has 0 unspecified atom stereocenters. The molecular formula is C24H24N4O5S2. The number of ether oxygens (including phenoxy) is 2. The minimum Gasteiger partial charge on any atom is -0.492 e. The summed E-state index contributed by atoms with van der Waals surface area (Å²) in [5.74, 6) is 2.88. The molecule has 0 saturated carbocycles. The largest absolute Gasteiger partial charge is 0.492 e. The van der Waals surface area contributed by atoms with Crippen LogP contribution in [-0.4, -0.2) is 49.9 Å². The summed E-state index contributed by atoms with van der Waals surface area (Å²) in [6.45, 7) is 0.406. The Kier molecular flexibility index (Phi) is 8.01. The summed E-state index contributed by atoms with van der Waals surface area (Å²) in [6, 6.07) is 14.9. The van der Waals surface area contributed by atoms with Crippen LogP contribution < -0.4 is 14.2 Å². The molecule has 0 fully saturated rings. The van der Waals surface area contributed by atoms with E-state index in [1.165, 1.54) is 0 Å². The number of methoxy groups -OCH3 is 1. The van der Waals surface area contributed by atoms with E-state index >= 15 is 0 Å². The molecule has 1 aromatic carbocycles. The van der Waals surface area contributed by atoms with E-state index in [0.717, 1.165) is 22.3 Å². The molecule has 9 nitrogen and oxygen atoms in total. The molecule has 3 aromatic heterocycles. The lowest BCUT2D eigenvalue weighted by Crippen LogP contribution is -2.26. The fourth-order valence-corrected chi connectivity index (χ4v) is 4.32. The maximum absolute atomic E-state index is 11.2. The lowest BCUT2D eigenvalue weighted by Gasteiger charge is -2.07. The zero-order valence-electron chi connectivity index (χ0n) is 19.2. The topological polar surface area (TPSA) is 116 Å². The van der Waals surface area contributed by atoms with Crippen LogP contribution >= 0.6 is 11.8 Å². The van der Waals surface area contributed by atoms with Gasteiger partial charge >= 0.3 is 0 Å². The molecule has 0 saturated heterocycles. The summed E-state index contributed by atoms with van der Waals surface area (Å²) in [7, 11) is -1.68. The van der Waals surface area contributed by atoms with Crippen molar-refractivity contribution in [3.05, 3.63) is 73.0 Å². The summed E-state index contributed by atoms with van der Waals surface area (Å²) in [6.07, 6.45) is 6.31. The Morgan fingerprint density at radius 2 is 1.77 bits per heavy atom. The fourth-order valence-electron chi connectivity index (χ4n) is 3.14. The molecule has 1 N–H and O–H groups in total. The number of hydrogen-bond donors (Lipinski definition) is 1. The summed E-state index contributed by atoms with van der Waals surface area (Å²) < 4.78 is 41.7. The Labute approximate surface area is 208 Å². The van der Waals surface area contributed by atoms with Crippen molar-refractivity contribution in [1.29, 1.82) is 0 Å². The van der Waals surface area contributed by atoms with Gasteiger partial charge in [-0.25, -0.2) is 23.1 Å². The second kappa shape index (κ2) is 11.3. The quantitative estimate of drug-likeness (QED) is 0.235. The van der Waals surface area contributed by atoms with Gasteiger partial charge in [0, 0.05) is 47.2 Å². The average molecular weight is 513 g/mol. The van der Waals surface area contributed by atoms with Crippen LogP contribution in [0.2, 0.25) is 0 Å². The zero-order valence-corrected chi connectivity index (χ0v) is 20.8. The number of thioether (sulfide) groups is 1. The van der Waals surface area contributed by atoms with Crippen LogP contribution in [0.1, 0.15) is 5.89 Å². The molecule has 0 bridgehead atoms. The van der Waals surface area contributed by atoms with E-state index in [9.17, 15) is 8.42 Å². The van der Waals surface area contributed by atoms with Crippen LogP contribution in [0.25, 0.3) is 22.6 Å². The number of hydrogen-bond acceptors (Lipinski definition) is 9. The first-order chi connectivity index (χ1) is 16.9. The number of nitrogens with zero attached hydrogens (tertiary/aromatic N) is 3. The Morgan fingerprint density at radius 3 is 2.43 bits per heavy atom. The van der Waals surface area contributed by atoms with Gasteiger partial charge in [0.2, 0.25) is 21.8 Å². The van der Waals surface area contributed by atoms with Gasteiger partial charge in [-0.05, 0) is 42.5 Å². The van der Waals surface area contributed by atoms with Crippen LogP contribution in [-0.2, 0) is 15.8 Å². The molecule has 0 aliphatic heterocycles. The van der Waals surface area contributed by atoms with Crippen molar-refractivity contribution in [1.82, 2.24) is 19.7 Å². The number of oxazole rings is 1. The summed E-state index contributed by atoms with van der Waals surface area (Å²) in [5.41, 5.74) is 2.30. The van der Waals surface area contributed by atoms with Crippen molar-refractivity contribution in [3.63, 3.8) is 0 Å². The highest BCUT2D eigenvalue weighted by molar-refractivity contribution is 7.98. The number of sulfonamides is 1. The predicted octanol–water partition coefficient (Wildman–Crippen LogP) is 4.03. The molecule has 3 heterocycles. The van der Waals surface area contributed by atoms with Crippen molar-refractivity contribution in [2.75, 3.05) is 26.5 Å². The summed E-state index contributed by atoms with van der Waals surface area (Å²) >= 11 is 1.61. The van der Waals surface area contributed by atoms with Crippen molar-refractivity contribution < 1.29 is 22.3 Å². The molecule has 11 heteroatoms. The molecule has 35 heavy (non-hydrogen) atoms. The monoisotopic (exact) mass is 512 g/mol. The smallest absolute Gasteiger partial charge is 0.212 e. The fraction of sp³-hybridized carbons (Fsp3) is 0.208. The Morgan fingerprint density at radius 1 is 1.03 bits per heavy atom. The van der Waals surface area contributed by atoms with Gasteiger partial charge in [0.1, 0.15) is 18.1 Å². The van der Waals surface area contributed by atoms with Crippen LogP contribution in [0.15, 0.2) is 76.4 Å². The molecule has 182 valence electrons. The van der Waals surface area contributed by atoms with Gasteiger partial charge in [0.15, 0.2) is 5.76 Å². The Hall–Kier alpha value is -3.41. The minimum absolute atomic E-state index is 0.190. The van der Waals surface area contributed by atoms with Gasteiger partial charge < -0.3 is 13.9 Å². The van der Waals surface area contributed by atoms with E-state index < -0.39 is 10.0 Å². The third-order valence-electron chi connectivity index (χ3n) is 4.75. The average Bonchev–Trinajstić information content (AvgIpc) is 3.30. The molecule has 0 atom stereocenters. The van der Waals surface area contributed by atoms with Crippen molar-refractivity contribution >= 4 is 21.8 Å². The van der Waals surface area contributed by atoms with Crippen LogP contribution in [0.3, 0.4) is 0 Å². The van der Waals surface area contributed by atoms with Gasteiger partial charge in [0.25, 0.3) is 0 Å². The molecule has 0 radical (unpaired) electrons. The van der Waals surface area contributed by atoms with E-state index in [4.69, 9.17) is 18.9 Å². The molecule has 0 aliphatic rings. The maximum atomic E-state index is 11.2. The number of aromatic nitrogens is 3. The highest BCUT2D eigenvalue weighted by Crippen LogP contribution is 2.35. The summed E-state index contributed by atoms with van der Waals surface area (Å²) in [5, 5.41) is 0. The van der Waals surface area contributed by atoms with E-state index in [2.05, 4.69) is 14.7 Å². The van der Waals surface area contributed by atoms with E-state index in [0.29, 0.717) is 34.7 Å². The lowest BCUT2D eigenvalue weighted by atomic mass is 10.1. The minimum atomic E-state index is -3.24. The number of benzene rings is 1.